The number of quaternary nitrogens is 1. The average Bonchev–Trinajstić information content (AvgIpc) is 3.12. The van der Waals surface area contributed by atoms with E-state index in [0.29, 0.717) is 6.10 Å². The van der Waals surface area contributed by atoms with E-state index in [1.807, 2.05) is 4.90 Å². The summed E-state index contributed by atoms with van der Waals surface area (Å²) in [6.07, 6.45) is 7.73. The number of ether oxygens (including phenoxy) is 1. The van der Waals surface area contributed by atoms with Crippen molar-refractivity contribution in [2.45, 2.75) is 18.9 Å². The van der Waals surface area contributed by atoms with E-state index in [1.54, 1.807) is 28.2 Å². The zero-order chi connectivity index (χ0) is 13.1. The number of carbonyl (C=O) groups excluding carboxylic acids is 1. The van der Waals surface area contributed by atoms with Crippen LogP contribution in [0.4, 0.5) is 4.79 Å². The van der Waals surface area contributed by atoms with E-state index in [2.05, 4.69) is 4.98 Å². The molecular formula is C13H21N4O2+. The first-order valence-corrected chi connectivity index (χ1v) is 7.05. The minimum absolute atomic E-state index is 0.0358. The third-order valence-electron chi connectivity index (χ3n) is 4.01. The van der Waals surface area contributed by atoms with Crippen LogP contribution in [0, 0.1) is 0 Å². The fourth-order valence-corrected chi connectivity index (χ4v) is 2.88. The summed E-state index contributed by atoms with van der Waals surface area (Å²) in [4.78, 5) is 19.5. The first kappa shape index (κ1) is 12.6. The number of rotatable bonds is 2. The Morgan fingerprint density at radius 3 is 2.89 bits per heavy atom. The predicted molar refractivity (Wildman–Crippen MR) is 69.1 cm³/mol. The maximum atomic E-state index is 12.1. The van der Waals surface area contributed by atoms with Crippen molar-refractivity contribution < 1.29 is 14.4 Å². The smallest absolute Gasteiger partial charge is 0.329 e. The first-order chi connectivity index (χ1) is 9.33. The maximum absolute atomic E-state index is 12.1. The van der Waals surface area contributed by atoms with Crippen molar-refractivity contribution >= 4 is 6.03 Å². The summed E-state index contributed by atoms with van der Waals surface area (Å²) in [5, 5.41) is 0. The normalized spacial score (nSPS) is 24.8. The van der Waals surface area contributed by atoms with Gasteiger partial charge in [-0.25, -0.2) is 9.78 Å². The number of aromatic nitrogens is 2. The lowest BCUT2D eigenvalue weighted by Gasteiger charge is -2.33. The van der Waals surface area contributed by atoms with Gasteiger partial charge in [0.15, 0.2) is 0 Å². The van der Waals surface area contributed by atoms with E-state index in [9.17, 15) is 4.79 Å². The SMILES string of the molecule is O=C(N1CC[NH+](C[C@H]2CCCO2)CC1)n1ccnc1. The molecule has 1 aromatic heterocycles. The van der Waals surface area contributed by atoms with E-state index in [-0.39, 0.29) is 6.03 Å². The highest BCUT2D eigenvalue weighted by atomic mass is 16.5. The first-order valence-electron chi connectivity index (χ1n) is 7.05. The second kappa shape index (κ2) is 5.71. The van der Waals surface area contributed by atoms with Crippen molar-refractivity contribution in [1.29, 1.82) is 0 Å². The highest BCUT2D eigenvalue weighted by Gasteiger charge is 2.27. The van der Waals surface area contributed by atoms with Gasteiger partial charge in [-0.15, -0.1) is 0 Å². The number of amides is 1. The third-order valence-corrected chi connectivity index (χ3v) is 4.01. The number of piperazine rings is 1. The van der Waals surface area contributed by atoms with Crippen LogP contribution in [0.3, 0.4) is 0 Å². The van der Waals surface area contributed by atoms with Crippen molar-refractivity contribution in [3.8, 4) is 0 Å². The van der Waals surface area contributed by atoms with Gasteiger partial charge in [0.05, 0.1) is 26.2 Å². The van der Waals surface area contributed by atoms with Crippen LogP contribution in [0.15, 0.2) is 18.7 Å². The summed E-state index contributed by atoms with van der Waals surface area (Å²) < 4.78 is 7.22. The summed E-state index contributed by atoms with van der Waals surface area (Å²) >= 11 is 0. The molecule has 19 heavy (non-hydrogen) atoms. The van der Waals surface area contributed by atoms with Crippen LogP contribution in [0.25, 0.3) is 0 Å². The molecule has 0 aromatic carbocycles. The van der Waals surface area contributed by atoms with Gasteiger partial charge in [0.2, 0.25) is 0 Å². The molecular weight excluding hydrogens is 244 g/mol. The Hall–Kier alpha value is -1.40. The van der Waals surface area contributed by atoms with Gasteiger partial charge in [-0.2, -0.15) is 0 Å². The van der Waals surface area contributed by atoms with Gasteiger partial charge >= 0.3 is 6.03 Å². The molecule has 3 rings (SSSR count). The Labute approximate surface area is 113 Å². The number of hydrogen-bond acceptors (Lipinski definition) is 3. The van der Waals surface area contributed by atoms with E-state index in [0.717, 1.165) is 39.3 Å². The quantitative estimate of drug-likeness (QED) is 0.764. The molecule has 0 saturated carbocycles. The van der Waals surface area contributed by atoms with E-state index in [4.69, 9.17) is 4.74 Å². The van der Waals surface area contributed by atoms with Crippen molar-refractivity contribution in [2.24, 2.45) is 0 Å². The number of nitrogens with one attached hydrogen (secondary N) is 1. The molecule has 6 heteroatoms. The molecule has 2 saturated heterocycles. The third kappa shape index (κ3) is 2.96. The van der Waals surface area contributed by atoms with Crippen LogP contribution in [-0.4, -0.2) is 65.9 Å². The fourth-order valence-electron chi connectivity index (χ4n) is 2.88. The van der Waals surface area contributed by atoms with Gasteiger partial charge in [0.25, 0.3) is 0 Å². The minimum Gasteiger partial charge on any atom is -0.372 e. The highest BCUT2D eigenvalue weighted by Crippen LogP contribution is 2.09. The number of hydrogen-bond donors (Lipinski definition) is 1. The molecule has 3 heterocycles. The minimum atomic E-state index is 0.0358. The Kier molecular flexibility index (Phi) is 3.79. The molecule has 6 nitrogen and oxygen atoms in total. The molecule has 2 fully saturated rings. The molecule has 0 aliphatic carbocycles. The Morgan fingerprint density at radius 1 is 1.42 bits per heavy atom. The molecule has 0 spiro atoms. The maximum Gasteiger partial charge on any atom is 0.329 e. The summed E-state index contributed by atoms with van der Waals surface area (Å²) in [5.74, 6) is 0. The van der Waals surface area contributed by atoms with Gasteiger partial charge < -0.3 is 14.5 Å². The van der Waals surface area contributed by atoms with Crippen LogP contribution in [0.5, 0.6) is 0 Å². The molecule has 1 atom stereocenters. The topological polar surface area (TPSA) is 51.8 Å². The molecule has 2 aliphatic rings. The van der Waals surface area contributed by atoms with Gasteiger partial charge in [0.1, 0.15) is 19.0 Å². The molecule has 1 N–H and O–H groups in total. The van der Waals surface area contributed by atoms with E-state index >= 15 is 0 Å². The lowest BCUT2D eigenvalue weighted by atomic mass is 10.2. The van der Waals surface area contributed by atoms with Crippen molar-refractivity contribution in [3.05, 3.63) is 18.7 Å². The molecule has 2 aliphatic heterocycles. The zero-order valence-corrected chi connectivity index (χ0v) is 11.1. The monoisotopic (exact) mass is 265 g/mol. The number of nitrogens with zero attached hydrogens (tertiary/aromatic N) is 3. The summed E-state index contributed by atoms with van der Waals surface area (Å²) in [7, 11) is 0. The van der Waals surface area contributed by atoms with Crippen molar-refractivity contribution in [3.63, 3.8) is 0 Å². The molecule has 104 valence electrons. The van der Waals surface area contributed by atoms with Crippen molar-refractivity contribution in [1.82, 2.24) is 14.5 Å². The van der Waals surface area contributed by atoms with Gasteiger partial charge in [0, 0.05) is 19.0 Å². The van der Waals surface area contributed by atoms with Gasteiger partial charge in [-0.1, -0.05) is 0 Å². The standard InChI is InChI=1S/C13H20N4O2/c18-13(17-4-3-14-11-17)16-7-5-15(6-8-16)10-12-2-1-9-19-12/h3-4,11-12H,1-2,5-10H2/p+1/t12-/m1/s1. The van der Waals surface area contributed by atoms with Crippen LogP contribution in [-0.2, 0) is 4.74 Å². The largest absolute Gasteiger partial charge is 0.372 e. The van der Waals surface area contributed by atoms with Gasteiger partial charge in [-0.05, 0) is 12.8 Å². The second-order valence-electron chi connectivity index (χ2n) is 5.33. The Morgan fingerprint density at radius 2 is 2.26 bits per heavy atom. The average molecular weight is 265 g/mol. The molecule has 0 unspecified atom stereocenters. The molecule has 0 bridgehead atoms. The lowest BCUT2D eigenvalue weighted by Crippen LogP contribution is -3.15. The summed E-state index contributed by atoms with van der Waals surface area (Å²) in [5.41, 5.74) is 0. The van der Waals surface area contributed by atoms with E-state index in [1.165, 1.54) is 12.8 Å². The predicted octanol–water partition coefficient (Wildman–Crippen LogP) is -0.769. The van der Waals surface area contributed by atoms with Crippen molar-refractivity contribution in [2.75, 3.05) is 39.3 Å². The number of carbonyl (C=O) groups is 1. The van der Waals surface area contributed by atoms with Crippen LogP contribution in [0.2, 0.25) is 0 Å². The van der Waals surface area contributed by atoms with Crippen LogP contribution < -0.4 is 4.90 Å². The Bertz CT molecular complexity index is 406. The Balaban J connectivity index is 1.47. The summed E-state index contributed by atoms with van der Waals surface area (Å²) in [6.45, 7) is 5.68. The highest BCUT2D eigenvalue weighted by molar-refractivity contribution is 5.76. The second-order valence-corrected chi connectivity index (χ2v) is 5.33. The number of imidazole rings is 1. The summed E-state index contributed by atoms with van der Waals surface area (Å²) in [6, 6.07) is 0.0358. The fraction of sp³-hybridized carbons (Fsp3) is 0.692. The van der Waals surface area contributed by atoms with Crippen LogP contribution >= 0.6 is 0 Å². The molecule has 0 radical (unpaired) electrons. The lowest BCUT2D eigenvalue weighted by molar-refractivity contribution is -0.906. The zero-order valence-electron chi connectivity index (χ0n) is 11.1. The molecule has 1 aromatic rings. The van der Waals surface area contributed by atoms with E-state index < -0.39 is 0 Å². The van der Waals surface area contributed by atoms with Crippen LogP contribution in [0.1, 0.15) is 12.8 Å². The van der Waals surface area contributed by atoms with Gasteiger partial charge in [-0.3, -0.25) is 4.57 Å². The molecule has 1 amide bonds.